The van der Waals surface area contributed by atoms with Gasteiger partial charge in [0.05, 0.1) is 4.90 Å². The first-order valence-electron chi connectivity index (χ1n) is 10.9. The van der Waals surface area contributed by atoms with Crippen LogP contribution in [0.1, 0.15) is 39.0 Å². The number of rotatable bonds is 4. The number of sulfonamides is 1. The number of nitrogens with zero attached hydrogens (tertiary/aromatic N) is 3. The van der Waals surface area contributed by atoms with Crippen LogP contribution in [0.2, 0.25) is 0 Å². The fourth-order valence-electron chi connectivity index (χ4n) is 4.80. The number of benzene rings is 1. The molecule has 4 rings (SSSR count). The molecule has 2 heterocycles. The van der Waals surface area contributed by atoms with Gasteiger partial charge in [-0.15, -0.1) is 0 Å². The van der Waals surface area contributed by atoms with Crippen LogP contribution in [0, 0.1) is 5.82 Å². The van der Waals surface area contributed by atoms with Crippen molar-refractivity contribution in [1.82, 2.24) is 19.4 Å². The highest BCUT2D eigenvalue weighted by Crippen LogP contribution is 2.36. The summed E-state index contributed by atoms with van der Waals surface area (Å²) in [6.07, 6.45) is 3.27. The summed E-state index contributed by atoms with van der Waals surface area (Å²) in [4.78, 5) is 41.1. The molecule has 174 valence electrons. The molecular weight excluding hydrogens is 439 g/mol. The Hall–Kier alpha value is -2.53. The molecule has 1 atom stereocenters. The molecule has 1 aromatic rings. The van der Waals surface area contributed by atoms with Gasteiger partial charge in [-0.1, -0.05) is 12.8 Å². The molecule has 0 aromatic heterocycles. The third kappa shape index (κ3) is 3.88. The summed E-state index contributed by atoms with van der Waals surface area (Å²) in [5, 5.41) is 2.78. The Morgan fingerprint density at radius 1 is 1.03 bits per heavy atom. The van der Waals surface area contributed by atoms with Gasteiger partial charge in [0.1, 0.15) is 17.4 Å². The zero-order valence-electron chi connectivity index (χ0n) is 17.9. The van der Waals surface area contributed by atoms with Gasteiger partial charge in [0.15, 0.2) is 0 Å². The number of hydrogen-bond acceptors (Lipinski definition) is 5. The number of halogens is 1. The second kappa shape index (κ2) is 8.43. The highest BCUT2D eigenvalue weighted by molar-refractivity contribution is 7.89. The summed E-state index contributed by atoms with van der Waals surface area (Å²) in [7, 11) is -3.82. The largest absolute Gasteiger partial charge is 0.340 e. The van der Waals surface area contributed by atoms with Gasteiger partial charge in [0, 0.05) is 26.2 Å². The molecule has 4 amide bonds. The van der Waals surface area contributed by atoms with Crippen LogP contribution < -0.4 is 5.32 Å². The molecule has 32 heavy (non-hydrogen) atoms. The highest BCUT2D eigenvalue weighted by Gasteiger charge is 2.54. The van der Waals surface area contributed by atoms with Crippen LogP contribution in [0.4, 0.5) is 9.18 Å². The van der Waals surface area contributed by atoms with Crippen molar-refractivity contribution in [3.05, 3.63) is 30.1 Å². The summed E-state index contributed by atoms with van der Waals surface area (Å²) in [6.45, 7) is 2.27. The highest BCUT2D eigenvalue weighted by atomic mass is 32.2. The third-order valence-corrected chi connectivity index (χ3v) is 8.53. The SMILES string of the molecule is CC(C(=O)N1CCCN(S(=O)(=O)c2ccc(F)cc2)CC1)N1C(=O)NC2(CCCC2)C1=O. The first-order valence-corrected chi connectivity index (χ1v) is 12.3. The number of amides is 4. The molecule has 1 N–H and O–H groups in total. The second-order valence-corrected chi connectivity index (χ2v) is 10.5. The maximum Gasteiger partial charge on any atom is 0.325 e. The summed E-state index contributed by atoms with van der Waals surface area (Å²) >= 11 is 0. The van der Waals surface area contributed by atoms with E-state index in [0.717, 1.165) is 29.9 Å². The zero-order chi connectivity index (χ0) is 23.1. The van der Waals surface area contributed by atoms with Crippen molar-refractivity contribution in [1.29, 1.82) is 0 Å². The van der Waals surface area contributed by atoms with Crippen molar-refractivity contribution in [3.63, 3.8) is 0 Å². The fraction of sp³-hybridized carbons (Fsp3) is 0.571. The predicted molar refractivity (Wildman–Crippen MR) is 112 cm³/mol. The Bertz CT molecular complexity index is 1020. The topological polar surface area (TPSA) is 107 Å². The second-order valence-electron chi connectivity index (χ2n) is 8.61. The molecule has 11 heteroatoms. The zero-order valence-corrected chi connectivity index (χ0v) is 18.7. The van der Waals surface area contributed by atoms with E-state index in [-0.39, 0.29) is 36.3 Å². The number of carbonyl (C=O) groups excluding carboxylic acids is 3. The van der Waals surface area contributed by atoms with Crippen molar-refractivity contribution in [2.24, 2.45) is 0 Å². The summed E-state index contributed by atoms with van der Waals surface area (Å²) in [5.41, 5.74) is -0.884. The van der Waals surface area contributed by atoms with Crippen LogP contribution in [0.3, 0.4) is 0 Å². The number of urea groups is 1. The molecule has 0 bridgehead atoms. The minimum atomic E-state index is -3.82. The van der Waals surface area contributed by atoms with E-state index >= 15 is 0 Å². The van der Waals surface area contributed by atoms with Gasteiger partial charge in [-0.3, -0.25) is 9.59 Å². The van der Waals surface area contributed by atoms with Gasteiger partial charge in [-0.05, 0) is 50.5 Å². The standard InChI is InChI=1S/C21H27FN4O5S/c1-15(26-19(28)21(23-20(26)29)9-2-3-10-21)18(27)24-11-4-12-25(14-13-24)32(30,31)17-7-5-16(22)6-8-17/h5-8,15H,2-4,9-14H2,1H3,(H,23,29). The molecule has 1 unspecified atom stereocenters. The Balaban J connectivity index is 1.44. The van der Waals surface area contributed by atoms with Crippen molar-refractivity contribution in [2.45, 2.75) is 55.5 Å². The van der Waals surface area contributed by atoms with E-state index in [1.807, 2.05) is 0 Å². The van der Waals surface area contributed by atoms with Crippen LogP contribution in [-0.2, 0) is 19.6 Å². The lowest BCUT2D eigenvalue weighted by molar-refractivity contribution is -0.142. The van der Waals surface area contributed by atoms with E-state index < -0.39 is 33.5 Å². The first-order chi connectivity index (χ1) is 15.2. The van der Waals surface area contributed by atoms with Crippen molar-refractivity contribution in [2.75, 3.05) is 26.2 Å². The van der Waals surface area contributed by atoms with Gasteiger partial charge >= 0.3 is 6.03 Å². The summed E-state index contributed by atoms with van der Waals surface area (Å²) in [6, 6.07) is 3.11. The lowest BCUT2D eigenvalue weighted by Crippen LogP contribution is -2.51. The quantitative estimate of drug-likeness (QED) is 0.674. The number of carbonyl (C=O) groups is 3. The molecule has 1 spiro atoms. The van der Waals surface area contributed by atoms with Crippen LogP contribution in [0.15, 0.2) is 29.2 Å². The molecule has 9 nitrogen and oxygen atoms in total. The number of hydrogen-bond donors (Lipinski definition) is 1. The van der Waals surface area contributed by atoms with E-state index in [4.69, 9.17) is 0 Å². The molecular formula is C21H27FN4O5S. The van der Waals surface area contributed by atoms with Gasteiger partial charge in [0.2, 0.25) is 15.9 Å². The Kier molecular flexibility index (Phi) is 5.97. The van der Waals surface area contributed by atoms with Gasteiger partial charge in [0.25, 0.3) is 5.91 Å². The first kappa shape index (κ1) is 22.7. The van der Waals surface area contributed by atoms with Gasteiger partial charge in [-0.2, -0.15) is 4.31 Å². The smallest absolute Gasteiger partial charge is 0.325 e. The lowest BCUT2D eigenvalue weighted by Gasteiger charge is -2.29. The van der Waals surface area contributed by atoms with Crippen molar-refractivity contribution < 1.29 is 27.2 Å². The maximum atomic E-state index is 13.2. The molecule has 0 radical (unpaired) electrons. The molecule has 2 aliphatic heterocycles. The third-order valence-electron chi connectivity index (χ3n) is 6.61. The minimum absolute atomic E-state index is 0.00626. The summed E-state index contributed by atoms with van der Waals surface area (Å²) in [5.74, 6) is -1.26. The minimum Gasteiger partial charge on any atom is -0.340 e. The van der Waals surface area contributed by atoms with E-state index in [1.54, 1.807) is 0 Å². The predicted octanol–water partition coefficient (Wildman–Crippen LogP) is 1.30. The lowest BCUT2D eigenvalue weighted by atomic mass is 9.97. The average Bonchev–Trinajstić information content (AvgIpc) is 3.21. The maximum absolute atomic E-state index is 13.2. The van der Waals surface area contributed by atoms with Gasteiger partial charge in [-0.25, -0.2) is 22.5 Å². The Labute approximate surface area is 186 Å². The monoisotopic (exact) mass is 466 g/mol. The fourth-order valence-corrected chi connectivity index (χ4v) is 6.26. The normalized spacial score (nSPS) is 22.8. The van der Waals surface area contributed by atoms with Crippen LogP contribution in [-0.4, -0.2) is 78.1 Å². The molecule has 1 aliphatic carbocycles. The van der Waals surface area contributed by atoms with Gasteiger partial charge < -0.3 is 10.2 Å². The van der Waals surface area contributed by atoms with Crippen molar-refractivity contribution >= 4 is 27.9 Å². The van der Waals surface area contributed by atoms with E-state index in [9.17, 15) is 27.2 Å². The van der Waals surface area contributed by atoms with E-state index in [0.29, 0.717) is 25.8 Å². The average molecular weight is 467 g/mol. The van der Waals surface area contributed by atoms with E-state index in [2.05, 4.69) is 5.32 Å². The Morgan fingerprint density at radius 3 is 2.34 bits per heavy atom. The molecule has 3 fully saturated rings. The van der Waals surface area contributed by atoms with Crippen LogP contribution in [0.5, 0.6) is 0 Å². The molecule has 1 aromatic carbocycles. The Morgan fingerprint density at radius 2 is 1.69 bits per heavy atom. The van der Waals surface area contributed by atoms with Crippen LogP contribution >= 0.6 is 0 Å². The molecule has 1 saturated carbocycles. The molecule has 3 aliphatic rings. The molecule has 2 saturated heterocycles. The van der Waals surface area contributed by atoms with Crippen molar-refractivity contribution in [3.8, 4) is 0 Å². The number of nitrogens with one attached hydrogen (secondary N) is 1. The van der Waals surface area contributed by atoms with E-state index in [1.165, 1.54) is 28.3 Å². The van der Waals surface area contributed by atoms with Crippen LogP contribution in [0.25, 0.3) is 0 Å². The summed E-state index contributed by atoms with van der Waals surface area (Å²) < 4.78 is 40.2. The number of imide groups is 1.